The number of carbonyl (C=O) groups is 1. The topological polar surface area (TPSA) is 35.6 Å². The van der Waals surface area contributed by atoms with Crippen LogP contribution in [0.25, 0.3) is 0 Å². The van der Waals surface area contributed by atoms with Gasteiger partial charge in [-0.15, -0.1) is 0 Å². The van der Waals surface area contributed by atoms with E-state index in [0.29, 0.717) is 12.7 Å². The van der Waals surface area contributed by atoms with E-state index in [-0.39, 0.29) is 5.91 Å². The molecule has 2 aliphatic heterocycles. The molecule has 4 heteroatoms. The molecule has 2 fully saturated rings. The average Bonchev–Trinajstić information content (AvgIpc) is 2.99. The first-order valence-electron chi connectivity index (χ1n) is 9.52. The first-order chi connectivity index (χ1) is 12.6. The molecule has 1 N–H and O–H groups in total. The second kappa shape index (κ2) is 6.76. The van der Waals surface area contributed by atoms with Crippen molar-refractivity contribution in [3.8, 4) is 0 Å². The van der Waals surface area contributed by atoms with Crippen LogP contribution in [0.15, 0.2) is 54.6 Å². The summed E-state index contributed by atoms with van der Waals surface area (Å²) in [5, 5.41) is 3.08. The highest BCUT2D eigenvalue weighted by Gasteiger charge is 2.50. The molecule has 2 aromatic rings. The Kier molecular flexibility index (Phi) is 4.45. The number of para-hydroxylation sites is 1. The molecule has 0 radical (unpaired) electrons. The van der Waals surface area contributed by atoms with Gasteiger partial charge in [0.05, 0.1) is 6.67 Å². The van der Waals surface area contributed by atoms with Crippen LogP contribution in [-0.4, -0.2) is 36.1 Å². The van der Waals surface area contributed by atoms with Crippen LogP contribution in [0.2, 0.25) is 0 Å². The summed E-state index contributed by atoms with van der Waals surface area (Å²) in [5.41, 5.74) is 3.37. The highest BCUT2D eigenvalue weighted by Crippen LogP contribution is 2.38. The summed E-state index contributed by atoms with van der Waals surface area (Å²) >= 11 is 0. The Morgan fingerprint density at radius 3 is 2.31 bits per heavy atom. The second-order valence-electron chi connectivity index (χ2n) is 7.58. The fourth-order valence-corrected chi connectivity index (χ4v) is 4.37. The van der Waals surface area contributed by atoms with Gasteiger partial charge in [0.25, 0.3) is 0 Å². The Bertz CT molecular complexity index is 764. The molecule has 136 valence electrons. The normalized spacial score (nSPS) is 21.0. The fourth-order valence-electron chi connectivity index (χ4n) is 4.37. The lowest BCUT2D eigenvalue weighted by molar-refractivity contribution is -0.125. The fraction of sp³-hybridized carbons (Fsp3) is 0.409. The second-order valence-corrected chi connectivity index (χ2v) is 7.58. The molecule has 0 aromatic heterocycles. The number of hydrogen-bond donors (Lipinski definition) is 1. The molecule has 1 atom stereocenters. The number of hydrogen-bond acceptors (Lipinski definition) is 3. The predicted octanol–water partition coefficient (Wildman–Crippen LogP) is 3.48. The van der Waals surface area contributed by atoms with Gasteiger partial charge in [-0.1, -0.05) is 48.0 Å². The van der Waals surface area contributed by atoms with E-state index in [9.17, 15) is 4.79 Å². The molecule has 1 amide bonds. The van der Waals surface area contributed by atoms with Gasteiger partial charge in [-0.3, -0.25) is 9.69 Å². The number of anilines is 1. The Morgan fingerprint density at radius 2 is 1.65 bits per heavy atom. The molecule has 2 aliphatic rings. The molecular formula is C22H27N3O. The van der Waals surface area contributed by atoms with Crippen molar-refractivity contribution in [1.29, 1.82) is 0 Å². The molecule has 26 heavy (non-hydrogen) atoms. The highest BCUT2D eigenvalue weighted by molar-refractivity contribution is 5.93. The van der Waals surface area contributed by atoms with Crippen molar-refractivity contribution in [3.63, 3.8) is 0 Å². The largest absolute Gasteiger partial charge is 0.339 e. The zero-order chi connectivity index (χ0) is 18.1. The van der Waals surface area contributed by atoms with Gasteiger partial charge in [0.15, 0.2) is 0 Å². The molecule has 4 rings (SSSR count). The van der Waals surface area contributed by atoms with Crippen LogP contribution >= 0.6 is 0 Å². The van der Waals surface area contributed by atoms with Crippen LogP contribution in [-0.2, 0) is 4.79 Å². The molecular weight excluding hydrogens is 322 g/mol. The van der Waals surface area contributed by atoms with Crippen molar-refractivity contribution >= 4 is 11.6 Å². The summed E-state index contributed by atoms with van der Waals surface area (Å²) in [6, 6.07) is 19.5. The maximum atomic E-state index is 12.7. The number of piperidine rings is 1. The molecule has 4 nitrogen and oxygen atoms in total. The van der Waals surface area contributed by atoms with E-state index in [1.165, 1.54) is 11.1 Å². The molecule has 2 aromatic carbocycles. The smallest absolute Gasteiger partial charge is 0.247 e. The van der Waals surface area contributed by atoms with E-state index in [1.807, 2.05) is 18.2 Å². The number of likely N-dealkylation sites (tertiary alicyclic amines) is 1. The van der Waals surface area contributed by atoms with Crippen LogP contribution in [0.5, 0.6) is 0 Å². The Hall–Kier alpha value is -2.33. The number of amides is 1. The third kappa shape index (κ3) is 2.88. The van der Waals surface area contributed by atoms with Gasteiger partial charge >= 0.3 is 0 Å². The number of aryl methyl sites for hydroxylation is 1. The first kappa shape index (κ1) is 17.1. The zero-order valence-electron chi connectivity index (χ0n) is 15.6. The van der Waals surface area contributed by atoms with Gasteiger partial charge in [0.2, 0.25) is 5.91 Å². The van der Waals surface area contributed by atoms with Crippen LogP contribution in [0.1, 0.15) is 36.9 Å². The van der Waals surface area contributed by atoms with Gasteiger partial charge in [-0.2, -0.15) is 0 Å². The summed E-state index contributed by atoms with van der Waals surface area (Å²) in [7, 11) is 0. The number of carbonyl (C=O) groups excluding carboxylic acids is 1. The summed E-state index contributed by atoms with van der Waals surface area (Å²) in [4.78, 5) is 17.5. The van der Waals surface area contributed by atoms with E-state index >= 15 is 0 Å². The van der Waals surface area contributed by atoms with E-state index in [1.54, 1.807) is 0 Å². The van der Waals surface area contributed by atoms with Crippen molar-refractivity contribution in [2.45, 2.75) is 38.3 Å². The van der Waals surface area contributed by atoms with Crippen molar-refractivity contribution in [3.05, 3.63) is 65.7 Å². The quantitative estimate of drug-likeness (QED) is 0.921. The lowest BCUT2D eigenvalue weighted by Crippen LogP contribution is -2.56. The molecule has 1 unspecified atom stereocenters. The monoisotopic (exact) mass is 349 g/mol. The van der Waals surface area contributed by atoms with Gasteiger partial charge in [0.1, 0.15) is 5.54 Å². The summed E-state index contributed by atoms with van der Waals surface area (Å²) in [6.45, 7) is 6.87. The standard InChI is InChI=1S/C22H27N3O/c1-17-8-10-19(11-9-17)18(2)24-14-12-22(13-15-24)21(26)23-16-25(22)20-6-4-3-5-7-20/h3-11,18H,12-16H2,1-2H3,(H,23,26). The lowest BCUT2D eigenvalue weighted by Gasteiger charge is -2.45. The number of nitrogens with zero attached hydrogens (tertiary/aromatic N) is 2. The van der Waals surface area contributed by atoms with Crippen molar-refractivity contribution in [2.24, 2.45) is 0 Å². The lowest BCUT2D eigenvalue weighted by atomic mass is 9.84. The minimum atomic E-state index is -0.398. The third-order valence-electron chi connectivity index (χ3n) is 6.14. The number of nitrogens with one attached hydrogen (secondary N) is 1. The van der Waals surface area contributed by atoms with Crippen molar-refractivity contribution in [2.75, 3.05) is 24.7 Å². The number of rotatable bonds is 3. The Morgan fingerprint density at radius 1 is 1.00 bits per heavy atom. The Labute approximate surface area is 155 Å². The predicted molar refractivity (Wildman–Crippen MR) is 105 cm³/mol. The molecule has 2 saturated heterocycles. The van der Waals surface area contributed by atoms with Gasteiger partial charge in [0, 0.05) is 24.8 Å². The molecule has 0 bridgehead atoms. The highest BCUT2D eigenvalue weighted by atomic mass is 16.2. The summed E-state index contributed by atoms with van der Waals surface area (Å²) < 4.78 is 0. The van der Waals surface area contributed by atoms with Crippen LogP contribution in [0.3, 0.4) is 0 Å². The van der Waals surface area contributed by atoms with Gasteiger partial charge in [-0.25, -0.2) is 0 Å². The summed E-state index contributed by atoms with van der Waals surface area (Å²) in [6.07, 6.45) is 1.73. The minimum Gasteiger partial charge on any atom is -0.339 e. The van der Waals surface area contributed by atoms with E-state index in [4.69, 9.17) is 0 Å². The molecule has 0 saturated carbocycles. The van der Waals surface area contributed by atoms with Gasteiger partial charge in [-0.05, 0) is 44.4 Å². The number of benzene rings is 2. The maximum Gasteiger partial charge on any atom is 0.247 e. The zero-order valence-corrected chi connectivity index (χ0v) is 15.6. The van der Waals surface area contributed by atoms with Gasteiger partial charge < -0.3 is 10.2 Å². The van der Waals surface area contributed by atoms with Crippen LogP contribution < -0.4 is 10.2 Å². The van der Waals surface area contributed by atoms with E-state index < -0.39 is 5.54 Å². The van der Waals surface area contributed by atoms with E-state index in [2.05, 4.69) is 65.4 Å². The third-order valence-corrected chi connectivity index (χ3v) is 6.14. The van der Waals surface area contributed by atoms with Crippen LogP contribution in [0, 0.1) is 6.92 Å². The van der Waals surface area contributed by atoms with E-state index in [0.717, 1.165) is 31.6 Å². The van der Waals surface area contributed by atoms with Crippen molar-refractivity contribution < 1.29 is 4.79 Å². The van der Waals surface area contributed by atoms with Crippen molar-refractivity contribution in [1.82, 2.24) is 10.2 Å². The Balaban J connectivity index is 1.51. The first-order valence-corrected chi connectivity index (χ1v) is 9.52. The van der Waals surface area contributed by atoms with Crippen LogP contribution in [0.4, 0.5) is 5.69 Å². The molecule has 1 spiro atoms. The SMILES string of the molecule is Cc1ccc(C(C)N2CCC3(CC2)C(=O)NCN3c2ccccc2)cc1. The molecule has 2 heterocycles. The minimum absolute atomic E-state index is 0.184. The molecule has 0 aliphatic carbocycles. The average molecular weight is 349 g/mol. The summed E-state index contributed by atoms with van der Waals surface area (Å²) in [5.74, 6) is 0.184. The maximum absolute atomic E-state index is 12.7.